The van der Waals surface area contributed by atoms with Crippen molar-refractivity contribution in [3.8, 4) is 11.1 Å². The molecule has 0 spiro atoms. The second-order valence-electron chi connectivity index (χ2n) is 8.82. The molecule has 1 fully saturated rings. The van der Waals surface area contributed by atoms with Gasteiger partial charge in [-0.3, -0.25) is 9.79 Å². The molecule has 1 saturated heterocycles. The molecule has 35 heavy (non-hydrogen) atoms. The van der Waals surface area contributed by atoms with Crippen molar-refractivity contribution in [2.45, 2.75) is 13.0 Å². The van der Waals surface area contributed by atoms with Gasteiger partial charge in [-0.2, -0.15) is 4.98 Å². The maximum Gasteiger partial charge on any atom is 0.249 e. The van der Waals surface area contributed by atoms with Crippen molar-refractivity contribution in [3.63, 3.8) is 0 Å². The third-order valence-corrected chi connectivity index (χ3v) is 6.49. The highest BCUT2D eigenvalue weighted by Crippen LogP contribution is 2.38. The maximum atomic E-state index is 15.2. The Kier molecular flexibility index (Phi) is 5.07. The molecule has 3 aliphatic heterocycles. The van der Waals surface area contributed by atoms with Crippen LogP contribution in [0.3, 0.4) is 0 Å². The summed E-state index contributed by atoms with van der Waals surface area (Å²) in [5.74, 6) is 1.12. The number of anilines is 2. The summed E-state index contributed by atoms with van der Waals surface area (Å²) in [6.45, 7) is 4.48. The highest BCUT2D eigenvalue weighted by molar-refractivity contribution is 6.36. The number of aromatic nitrogens is 2. The molecule has 4 heterocycles. The molecule has 0 saturated carbocycles. The number of ether oxygens (including phenoxy) is 1. The van der Waals surface area contributed by atoms with Crippen LogP contribution < -0.4 is 16.0 Å². The van der Waals surface area contributed by atoms with Crippen LogP contribution in [-0.2, 0) is 4.74 Å². The SMILES string of the molecule is Cc1cc(F)c(-c2ccccc2C(N)=O)cc1C1=Cc2cnc(NC3COC3)nc2N2CCN=C12. The molecular formula is C26H23FN6O2. The van der Waals surface area contributed by atoms with E-state index >= 15 is 4.39 Å². The van der Waals surface area contributed by atoms with E-state index in [4.69, 9.17) is 20.4 Å². The number of aryl methyl sites for hydroxylation is 1. The van der Waals surface area contributed by atoms with Crippen LogP contribution in [0.4, 0.5) is 16.2 Å². The van der Waals surface area contributed by atoms with Crippen molar-refractivity contribution >= 4 is 35.2 Å². The summed E-state index contributed by atoms with van der Waals surface area (Å²) in [5.41, 5.74) is 9.92. The minimum Gasteiger partial charge on any atom is -0.377 e. The molecule has 1 amide bonds. The van der Waals surface area contributed by atoms with Gasteiger partial charge in [0.15, 0.2) is 0 Å². The fourth-order valence-electron chi connectivity index (χ4n) is 4.68. The number of hydrogen-bond donors (Lipinski definition) is 2. The van der Waals surface area contributed by atoms with Crippen molar-refractivity contribution in [1.29, 1.82) is 0 Å². The fraction of sp³-hybridized carbons (Fsp3) is 0.231. The minimum atomic E-state index is -0.602. The van der Waals surface area contributed by atoms with E-state index in [-0.39, 0.29) is 11.6 Å². The van der Waals surface area contributed by atoms with Gasteiger partial charge in [-0.15, -0.1) is 0 Å². The molecule has 0 bridgehead atoms. The Balaban J connectivity index is 1.46. The number of primary amides is 1. The highest BCUT2D eigenvalue weighted by atomic mass is 19.1. The molecule has 0 radical (unpaired) electrons. The summed E-state index contributed by atoms with van der Waals surface area (Å²) >= 11 is 0. The first-order valence-corrected chi connectivity index (χ1v) is 11.4. The van der Waals surface area contributed by atoms with Gasteiger partial charge in [0.05, 0.1) is 25.8 Å². The molecule has 0 atom stereocenters. The van der Waals surface area contributed by atoms with E-state index in [0.717, 1.165) is 33.9 Å². The lowest BCUT2D eigenvalue weighted by Gasteiger charge is -2.30. The molecule has 9 heteroatoms. The zero-order chi connectivity index (χ0) is 24.1. The first kappa shape index (κ1) is 21.4. The van der Waals surface area contributed by atoms with Gasteiger partial charge in [-0.25, -0.2) is 9.37 Å². The molecule has 3 N–H and O–H groups in total. The van der Waals surface area contributed by atoms with Gasteiger partial charge in [0, 0.05) is 35.0 Å². The molecule has 0 aliphatic carbocycles. The van der Waals surface area contributed by atoms with E-state index in [2.05, 4.69) is 15.2 Å². The number of aliphatic imine (C=N–C) groups is 1. The monoisotopic (exact) mass is 470 g/mol. The van der Waals surface area contributed by atoms with Crippen molar-refractivity contribution in [2.75, 3.05) is 36.5 Å². The number of benzene rings is 2. The van der Waals surface area contributed by atoms with E-state index in [1.54, 1.807) is 36.5 Å². The van der Waals surface area contributed by atoms with Crippen LogP contribution in [0.5, 0.6) is 0 Å². The maximum absolute atomic E-state index is 15.2. The third-order valence-electron chi connectivity index (χ3n) is 6.49. The number of carbonyl (C=O) groups excluding carboxylic acids is 1. The standard InChI is InChI=1S/C26H23FN6O2/c1-14-8-22(27)20(17-4-2-3-5-18(17)23(28)34)10-19(14)21-9-15-11-30-26(31-16-12-35-13-16)32-24(15)33-7-6-29-25(21)33/h2-5,8-11,16H,6-7,12-13H2,1H3,(H2,28,34)(H,30,31,32). The van der Waals surface area contributed by atoms with Crippen molar-refractivity contribution in [1.82, 2.24) is 9.97 Å². The number of nitrogens with one attached hydrogen (secondary N) is 1. The zero-order valence-electron chi connectivity index (χ0n) is 19.1. The molecule has 0 unspecified atom stereocenters. The van der Waals surface area contributed by atoms with E-state index in [0.29, 0.717) is 43.4 Å². The number of carbonyl (C=O) groups is 1. The third kappa shape index (κ3) is 3.64. The van der Waals surface area contributed by atoms with E-state index in [9.17, 15) is 4.79 Å². The lowest BCUT2D eigenvalue weighted by Crippen LogP contribution is -2.41. The van der Waals surface area contributed by atoms with Gasteiger partial charge in [0.1, 0.15) is 17.5 Å². The Morgan fingerprint density at radius 3 is 2.80 bits per heavy atom. The number of nitrogens with zero attached hydrogens (tertiary/aromatic N) is 4. The second-order valence-corrected chi connectivity index (χ2v) is 8.82. The predicted molar refractivity (Wildman–Crippen MR) is 133 cm³/mol. The Morgan fingerprint density at radius 2 is 2.03 bits per heavy atom. The lowest BCUT2D eigenvalue weighted by molar-refractivity contribution is 0.0208. The van der Waals surface area contributed by atoms with E-state index < -0.39 is 11.7 Å². The molecule has 176 valence electrons. The molecule has 3 aliphatic rings. The number of amides is 1. The van der Waals surface area contributed by atoms with Gasteiger partial charge in [0.2, 0.25) is 11.9 Å². The predicted octanol–water partition coefficient (Wildman–Crippen LogP) is 3.27. The molecule has 6 rings (SSSR count). The smallest absolute Gasteiger partial charge is 0.249 e. The number of halogens is 1. The normalized spacial score (nSPS) is 16.7. The molecule has 8 nitrogen and oxygen atoms in total. The molecule has 2 aromatic carbocycles. The van der Waals surface area contributed by atoms with Crippen LogP contribution in [0.1, 0.15) is 27.0 Å². The number of nitrogens with two attached hydrogens (primary N) is 1. The zero-order valence-corrected chi connectivity index (χ0v) is 19.1. The van der Waals surface area contributed by atoms with Crippen molar-refractivity contribution < 1.29 is 13.9 Å². The number of fused-ring (bicyclic) bond motifs is 3. The van der Waals surface area contributed by atoms with Gasteiger partial charge in [-0.05, 0) is 47.9 Å². The molecule has 1 aromatic heterocycles. The molecule has 3 aromatic rings. The Morgan fingerprint density at radius 1 is 1.20 bits per heavy atom. The van der Waals surface area contributed by atoms with Crippen molar-refractivity contribution in [2.24, 2.45) is 10.7 Å². The van der Waals surface area contributed by atoms with E-state index in [1.807, 2.05) is 13.0 Å². The average molecular weight is 471 g/mol. The van der Waals surface area contributed by atoms with Crippen LogP contribution in [-0.4, -0.2) is 54.1 Å². The Hall–Kier alpha value is -4.11. The Labute approximate surface area is 201 Å². The van der Waals surface area contributed by atoms with Crippen LogP contribution in [0, 0.1) is 12.7 Å². The number of amidine groups is 1. The van der Waals surface area contributed by atoms with Crippen LogP contribution in [0.15, 0.2) is 47.6 Å². The van der Waals surface area contributed by atoms with Crippen LogP contribution in [0.25, 0.3) is 22.8 Å². The average Bonchev–Trinajstić information content (AvgIpc) is 3.32. The van der Waals surface area contributed by atoms with Crippen LogP contribution in [0.2, 0.25) is 0 Å². The summed E-state index contributed by atoms with van der Waals surface area (Å²) < 4.78 is 20.4. The first-order chi connectivity index (χ1) is 17.0. The summed E-state index contributed by atoms with van der Waals surface area (Å²) in [5, 5.41) is 3.29. The van der Waals surface area contributed by atoms with Crippen molar-refractivity contribution in [3.05, 3.63) is 70.7 Å². The quantitative estimate of drug-likeness (QED) is 0.593. The minimum absolute atomic E-state index is 0.220. The summed E-state index contributed by atoms with van der Waals surface area (Å²) in [4.78, 5) is 28.1. The van der Waals surface area contributed by atoms with E-state index in [1.165, 1.54) is 6.07 Å². The number of hydrogen-bond acceptors (Lipinski definition) is 7. The van der Waals surface area contributed by atoms with Gasteiger partial charge in [-0.1, -0.05) is 18.2 Å². The summed E-state index contributed by atoms with van der Waals surface area (Å²) in [6, 6.07) is 10.3. The van der Waals surface area contributed by atoms with Gasteiger partial charge in [0.25, 0.3) is 0 Å². The summed E-state index contributed by atoms with van der Waals surface area (Å²) in [6.07, 6.45) is 3.79. The van der Waals surface area contributed by atoms with Gasteiger partial charge >= 0.3 is 0 Å². The first-order valence-electron chi connectivity index (χ1n) is 11.4. The lowest BCUT2D eigenvalue weighted by atomic mass is 9.90. The number of rotatable bonds is 5. The Bertz CT molecular complexity index is 1430. The molecular weight excluding hydrogens is 447 g/mol. The largest absolute Gasteiger partial charge is 0.377 e. The second kappa shape index (κ2) is 8.28. The van der Waals surface area contributed by atoms with Crippen LogP contribution >= 0.6 is 0 Å². The summed E-state index contributed by atoms with van der Waals surface area (Å²) in [7, 11) is 0. The van der Waals surface area contributed by atoms with Gasteiger partial charge < -0.3 is 20.7 Å². The topological polar surface area (TPSA) is 106 Å². The fourth-order valence-corrected chi connectivity index (χ4v) is 4.68. The highest BCUT2D eigenvalue weighted by Gasteiger charge is 2.32.